The van der Waals surface area contributed by atoms with E-state index in [1.165, 1.54) is 0 Å². The van der Waals surface area contributed by atoms with E-state index in [0.29, 0.717) is 19.4 Å². The van der Waals surface area contributed by atoms with Gasteiger partial charge in [0.05, 0.1) is 10.8 Å². The largest absolute Gasteiger partial charge is 0.481 e. The lowest BCUT2D eigenvalue weighted by atomic mass is 9.79. The summed E-state index contributed by atoms with van der Waals surface area (Å²) in [5, 5.41) is 15.7. The SMILES string of the molecule is CC1(C(=O)NCC2(C(=O)O)CCCCCC2)CCNC1. The van der Waals surface area contributed by atoms with Crippen molar-refractivity contribution in [3.63, 3.8) is 0 Å². The summed E-state index contributed by atoms with van der Waals surface area (Å²) < 4.78 is 0. The smallest absolute Gasteiger partial charge is 0.311 e. The Balaban J connectivity index is 1.98. The van der Waals surface area contributed by atoms with Crippen molar-refractivity contribution in [1.29, 1.82) is 0 Å². The first kappa shape index (κ1) is 15.3. The van der Waals surface area contributed by atoms with Crippen LogP contribution in [0.1, 0.15) is 51.9 Å². The van der Waals surface area contributed by atoms with E-state index >= 15 is 0 Å². The molecule has 2 rings (SSSR count). The summed E-state index contributed by atoms with van der Waals surface area (Å²) in [6.45, 7) is 3.76. The van der Waals surface area contributed by atoms with Crippen LogP contribution in [-0.4, -0.2) is 36.6 Å². The summed E-state index contributed by atoms with van der Waals surface area (Å²) in [6.07, 6.45) is 6.27. The van der Waals surface area contributed by atoms with Crippen molar-refractivity contribution < 1.29 is 14.7 Å². The van der Waals surface area contributed by atoms with Gasteiger partial charge in [-0.1, -0.05) is 25.7 Å². The second-order valence-corrected chi connectivity index (χ2v) is 6.67. The Bertz CT molecular complexity index is 367. The molecule has 0 radical (unpaired) electrons. The molecule has 0 aromatic heterocycles. The molecule has 1 saturated heterocycles. The molecule has 20 heavy (non-hydrogen) atoms. The standard InChI is InChI=1S/C15H26N2O3/c1-14(8-9-16-10-14)12(18)17-11-15(13(19)20)6-4-2-3-5-7-15/h16H,2-11H2,1H3,(H,17,18)(H,19,20). The van der Waals surface area contributed by atoms with E-state index < -0.39 is 11.4 Å². The summed E-state index contributed by atoms with van der Waals surface area (Å²) in [5.74, 6) is -0.762. The maximum atomic E-state index is 12.3. The van der Waals surface area contributed by atoms with E-state index in [2.05, 4.69) is 10.6 Å². The highest BCUT2D eigenvalue weighted by atomic mass is 16.4. The van der Waals surface area contributed by atoms with Crippen molar-refractivity contribution in [2.45, 2.75) is 51.9 Å². The summed E-state index contributed by atoms with van der Waals surface area (Å²) >= 11 is 0. The minimum absolute atomic E-state index is 0.00706. The molecule has 2 fully saturated rings. The van der Waals surface area contributed by atoms with Gasteiger partial charge in [0.2, 0.25) is 5.91 Å². The maximum Gasteiger partial charge on any atom is 0.311 e. The van der Waals surface area contributed by atoms with Crippen molar-refractivity contribution >= 4 is 11.9 Å². The number of hydrogen-bond donors (Lipinski definition) is 3. The average Bonchev–Trinajstić information content (AvgIpc) is 2.73. The molecular weight excluding hydrogens is 256 g/mol. The van der Waals surface area contributed by atoms with Gasteiger partial charge >= 0.3 is 5.97 Å². The zero-order chi connectivity index (χ0) is 14.6. The lowest BCUT2D eigenvalue weighted by Crippen LogP contribution is -2.48. The minimum Gasteiger partial charge on any atom is -0.481 e. The predicted octanol–water partition coefficient (Wildman–Crippen LogP) is 1.53. The first-order valence-electron chi connectivity index (χ1n) is 7.71. The van der Waals surface area contributed by atoms with Gasteiger partial charge in [0.15, 0.2) is 0 Å². The van der Waals surface area contributed by atoms with Gasteiger partial charge in [0, 0.05) is 13.1 Å². The topological polar surface area (TPSA) is 78.4 Å². The minimum atomic E-state index is -0.755. The van der Waals surface area contributed by atoms with Crippen LogP contribution in [0.15, 0.2) is 0 Å². The highest BCUT2D eigenvalue weighted by Crippen LogP contribution is 2.35. The number of carboxylic acid groups (broad SMARTS) is 1. The third kappa shape index (κ3) is 3.14. The lowest BCUT2D eigenvalue weighted by molar-refractivity contribution is -0.150. The lowest BCUT2D eigenvalue weighted by Gasteiger charge is -2.30. The van der Waals surface area contributed by atoms with Crippen LogP contribution >= 0.6 is 0 Å². The number of amides is 1. The number of aliphatic carboxylic acids is 1. The van der Waals surface area contributed by atoms with Crippen LogP contribution < -0.4 is 10.6 Å². The van der Waals surface area contributed by atoms with Crippen LogP contribution in [-0.2, 0) is 9.59 Å². The van der Waals surface area contributed by atoms with E-state index in [-0.39, 0.29) is 17.9 Å². The second kappa shape index (κ2) is 6.12. The molecule has 0 aromatic rings. The van der Waals surface area contributed by atoms with Gasteiger partial charge in [0.1, 0.15) is 0 Å². The van der Waals surface area contributed by atoms with Gasteiger partial charge in [-0.2, -0.15) is 0 Å². The Morgan fingerprint density at radius 3 is 2.30 bits per heavy atom. The number of nitrogens with one attached hydrogen (secondary N) is 2. The Morgan fingerprint density at radius 2 is 1.80 bits per heavy atom. The van der Waals surface area contributed by atoms with Gasteiger partial charge < -0.3 is 15.7 Å². The number of hydrogen-bond acceptors (Lipinski definition) is 3. The molecule has 3 N–H and O–H groups in total. The van der Waals surface area contributed by atoms with Crippen LogP contribution in [0.2, 0.25) is 0 Å². The summed E-state index contributed by atoms with van der Waals surface area (Å²) in [5.41, 5.74) is -1.14. The van der Waals surface area contributed by atoms with E-state index in [1.54, 1.807) is 0 Å². The van der Waals surface area contributed by atoms with Crippen molar-refractivity contribution in [3.8, 4) is 0 Å². The molecule has 1 unspecified atom stereocenters. The van der Waals surface area contributed by atoms with E-state index in [9.17, 15) is 14.7 Å². The number of carbonyl (C=O) groups is 2. The fraction of sp³-hybridized carbons (Fsp3) is 0.867. The molecule has 1 aliphatic carbocycles. The Labute approximate surface area is 120 Å². The molecule has 1 atom stereocenters. The third-order valence-corrected chi connectivity index (χ3v) is 5.02. The average molecular weight is 282 g/mol. The van der Waals surface area contributed by atoms with Crippen molar-refractivity contribution in [1.82, 2.24) is 10.6 Å². The molecule has 1 saturated carbocycles. The van der Waals surface area contributed by atoms with E-state index in [0.717, 1.165) is 38.6 Å². The van der Waals surface area contributed by atoms with Crippen LogP contribution in [0.25, 0.3) is 0 Å². The highest BCUT2D eigenvalue weighted by molar-refractivity contribution is 5.84. The third-order valence-electron chi connectivity index (χ3n) is 5.02. The Hall–Kier alpha value is -1.10. The maximum absolute atomic E-state index is 12.3. The second-order valence-electron chi connectivity index (χ2n) is 6.67. The molecule has 1 heterocycles. The quantitative estimate of drug-likeness (QED) is 0.683. The molecule has 5 nitrogen and oxygen atoms in total. The van der Waals surface area contributed by atoms with Gasteiger partial charge in [-0.15, -0.1) is 0 Å². The van der Waals surface area contributed by atoms with Crippen molar-refractivity contribution in [2.75, 3.05) is 19.6 Å². The number of carboxylic acids is 1. The normalized spacial score (nSPS) is 29.6. The molecule has 0 spiro atoms. The Kier molecular flexibility index (Phi) is 4.68. The monoisotopic (exact) mass is 282 g/mol. The van der Waals surface area contributed by atoms with Gasteiger partial charge in [-0.3, -0.25) is 9.59 Å². The summed E-state index contributed by atoms with van der Waals surface area (Å²) in [7, 11) is 0. The number of rotatable bonds is 4. The molecule has 5 heteroatoms. The van der Waals surface area contributed by atoms with Crippen molar-refractivity contribution in [3.05, 3.63) is 0 Å². The van der Waals surface area contributed by atoms with E-state index in [4.69, 9.17) is 0 Å². The first-order valence-corrected chi connectivity index (χ1v) is 7.71. The number of carbonyl (C=O) groups excluding carboxylic acids is 1. The van der Waals surface area contributed by atoms with Crippen LogP contribution in [0.5, 0.6) is 0 Å². The van der Waals surface area contributed by atoms with Gasteiger partial charge in [0.25, 0.3) is 0 Å². The highest BCUT2D eigenvalue weighted by Gasteiger charge is 2.41. The zero-order valence-electron chi connectivity index (χ0n) is 12.3. The first-order chi connectivity index (χ1) is 9.49. The zero-order valence-corrected chi connectivity index (χ0v) is 12.3. The molecule has 0 aromatic carbocycles. The summed E-state index contributed by atoms with van der Waals surface area (Å²) in [4.78, 5) is 24.0. The fourth-order valence-electron chi connectivity index (χ4n) is 3.35. The van der Waals surface area contributed by atoms with E-state index in [1.807, 2.05) is 6.92 Å². The van der Waals surface area contributed by atoms with Crippen LogP contribution in [0, 0.1) is 10.8 Å². The molecule has 114 valence electrons. The summed E-state index contributed by atoms with van der Waals surface area (Å²) in [6, 6.07) is 0. The van der Waals surface area contributed by atoms with Gasteiger partial charge in [-0.05, 0) is 32.7 Å². The Morgan fingerprint density at radius 1 is 1.15 bits per heavy atom. The fourth-order valence-corrected chi connectivity index (χ4v) is 3.35. The van der Waals surface area contributed by atoms with Crippen LogP contribution in [0.4, 0.5) is 0 Å². The van der Waals surface area contributed by atoms with Crippen LogP contribution in [0.3, 0.4) is 0 Å². The predicted molar refractivity (Wildman–Crippen MR) is 76.4 cm³/mol. The molecule has 1 amide bonds. The molecular formula is C15H26N2O3. The molecule has 2 aliphatic rings. The molecule has 1 aliphatic heterocycles. The van der Waals surface area contributed by atoms with Crippen molar-refractivity contribution in [2.24, 2.45) is 10.8 Å². The van der Waals surface area contributed by atoms with Gasteiger partial charge in [-0.25, -0.2) is 0 Å². The molecule has 0 bridgehead atoms.